The van der Waals surface area contributed by atoms with Crippen LogP contribution in [0.1, 0.15) is 32.2 Å². The molecule has 1 aliphatic heterocycles. The second kappa shape index (κ2) is 9.49. The van der Waals surface area contributed by atoms with Gasteiger partial charge in [0.1, 0.15) is 11.6 Å². The lowest BCUT2D eigenvalue weighted by atomic mass is 10.1. The van der Waals surface area contributed by atoms with Crippen LogP contribution in [0.5, 0.6) is 0 Å². The molecule has 0 spiro atoms. The van der Waals surface area contributed by atoms with E-state index in [1.54, 1.807) is 35.2 Å². The summed E-state index contributed by atoms with van der Waals surface area (Å²) in [7, 11) is 0. The standard InChI is InChI=1S/C26H21FN4O2.ClH/c1-16-28-22-14-15-31(23-9-5-3-7-20(23)24(22)29-16)26(33)17-10-12-18(13-11-17)30-25(32)19-6-2-4-8-21(19)27;/h2-13H,14-15H2,1H3,(H,28,29)(H,30,32);1H. The number of carbonyl (C=O) groups is 2. The van der Waals surface area contributed by atoms with E-state index in [2.05, 4.69) is 15.3 Å². The summed E-state index contributed by atoms with van der Waals surface area (Å²) in [5.74, 6) is -0.424. The van der Waals surface area contributed by atoms with Crippen LogP contribution in [0.4, 0.5) is 15.8 Å². The fourth-order valence-corrected chi connectivity index (χ4v) is 4.10. The second-order valence-corrected chi connectivity index (χ2v) is 7.88. The number of aromatic nitrogens is 2. The number of carbonyl (C=O) groups excluding carboxylic acids is 2. The number of hydrogen-bond acceptors (Lipinski definition) is 3. The predicted molar refractivity (Wildman–Crippen MR) is 132 cm³/mol. The van der Waals surface area contributed by atoms with Gasteiger partial charge in [0.2, 0.25) is 0 Å². The van der Waals surface area contributed by atoms with Crippen molar-refractivity contribution in [2.75, 3.05) is 16.8 Å². The van der Waals surface area contributed by atoms with Gasteiger partial charge in [-0.05, 0) is 49.4 Å². The van der Waals surface area contributed by atoms with Crippen LogP contribution in [-0.4, -0.2) is 28.3 Å². The molecule has 0 aliphatic carbocycles. The van der Waals surface area contributed by atoms with Crippen molar-refractivity contribution in [1.29, 1.82) is 0 Å². The average molecular weight is 477 g/mol. The Morgan fingerprint density at radius 3 is 2.47 bits per heavy atom. The topological polar surface area (TPSA) is 78.1 Å². The molecule has 2 N–H and O–H groups in total. The van der Waals surface area contributed by atoms with Crippen LogP contribution >= 0.6 is 12.4 Å². The highest BCUT2D eigenvalue weighted by Gasteiger charge is 2.26. The maximum absolute atomic E-state index is 13.9. The summed E-state index contributed by atoms with van der Waals surface area (Å²) in [4.78, 5) is 35.5. The summed E-state index contributed by atoms with van der Waals surface area (Å²) in [6.45, 7) is 2.43. The van der Waals surface area contributed by atoms with Crippen LogP contribution in [-0.2, 0) is 6.42 Å². The second-order valence-electron chi connectivity index (χ2n) is 7.88. The zero-order chi connectivity index (χ0) is 22.9. The zero-order valence-corrected chi connectivity index (χ0v) is 19.2. The lowest BCUT2D eigenvalue weighted by Gasteiger charge is -2.23. The Morgan fingerprint density at radius 1 is 1.00 bits per heavy atom. The molecule has 34 heavy (non-hydrogen) atoms. The van der Waals surface area contributed by atoms with E-state index in [-0.39, 0.29) is 23.9 Å². The Morgan fingerprint density at radius 2 is 1.71 bits per heavy atom. The van der Waals surface area contributed by atoms with E-state index in [0.717, 1.165) is 28.5 Å². The molecule has 4 aromatic rings. The Balaban J connectivity index is 0.00000274. The number of imidazole rings is 1. The van der Waals surface area contributed by atoms with Crippen molar-refractivity contribution in [2.45, 2.75) is 13.3 Å². The third-order valence-corrected chi connectivity index (χ3v) is 5.69. The molecule has 0 saturated heterocycles. The van der Waals surface area contributed by atoms with Gasteiger partial charge in [-0.15, -0.1) is 12.4 Å². The SMILES string of the molecule is Cc1nc2c([nH]1)CCN(C(=O)c1ccc(NC(=O)c3ccccc3F)cc1)c1ccccc1-2.Cl. The van der Waals surface area contributed by atoms with Gasteiger partial charge in [0.25, 0.3) is 11.8 Å². The number of nitrogens with zero attached hydrogens (tertiary/aromatic N) is 2. The maximum atomic E-state index is 13.9. The minimum Gasteiger partial charge on any atom is -0.346 e. The number of halogens is 2. The molecule has 0 radical (unpaired) electrons. The van der Waals surface area contributed by atoms with Gasteiger partial charge in [0.05, 0.1) is 16.9 Å². The highest BCUT2D eigenvalue weighted by molar-refractivity contribution is 6.09. The van der Waals surface area contributed by atoms with Gasteiger partial charge in [-0.1, -0.05) is 30.3 Å². The summed E-state index contributed by atoms with van der Waals surface area (Å²) in [5.41, 5.74) is 4.55. The highest BCUT2D eigenvalue weighted by Crippen LogP contribution is 2.35. The zero-order valence-electron chi connectivity index (χ0n) is 18.3. The quantitative estimate of drug-likeness (QED) is 0.415. The molecule has 3 aromatic carbocycles. The van der Waals surface area contributed by atoms with Crippen LogP contribution in [0.3, 0.4) is 0 Å². The Kier molecular flexibility index (Phi) is 6.47. The van der Waals surface area contributed by atoms with E-state index in [1.807, 2.05) is 31.2 Å². The number of aromatic amines is 1. The van der Waals surface area contributed by atoms with Crippen molar-refractivity contribution in [2.24, 2.45) is 0 Å². The number of hydrogen-bond donors (Lipinski definition) is 2. The van der Waals surface area contributed by atoms with Gasteiger partial charge in [-0.3, -0.25) is 9.59 Å². The number of nitrogens with one attached hydrogen (secondary N) is 2. The number of H-pyrrole nitrogens is 1. The Labute approximate surface area is 202 Å². The summed E-state index contributed by atoms with van der Waals surface area (Å²) >= 11 is 0. The number of aryl methyl sites for hydroxylation is 1. The van der Waals surface area contributed by atoms with E-state index < -0.39 is 11.7 Å². The third kappa shape index (κ3) is 4.30. The van der Waals surface area contributed by atoms with Crippen molar-refractivity contribution in [3.63, 3.8) is 0 Å². The maximum Gasteiger partial charge on any atom is 0.258 e. The molecule has 0 bridgehead atoms. The largest absolute Gasteiger partial charge is 0.346 e. The van der Waals surface area contributed by atoms with E-state index in [0.29, 0.717) is 24.2 Å². The fourth-order valence-electron chi connectivity index (χ4n) is 4.10. The third-order valence-electron chi connectivity index (χ3n) is 5.69. The van der Waals surface area contributed by atoms with Crippen molar-refractivity contribution in [3.05, 3.63) is 101 Å². The summed E-state index contributed by atoms with van der Waals surface area (Å²) < 4.78 is 13.9. The number of rotatable bonds is 3. The lowest BCUT2D eigenvalue weighted by Crippen LogP contribution is -2.32. The van der Waals surface area contributed by atoms with Crippen LogP contribution < -0.4 is 10.2 Å². The van der Waals surface area contributed by atoms with E-state index in [4.69, 9.17) is 0 Å². The number of amides is 2. The van der Waals surface area contributed by atoms with Crippen LogP contribution in [0.25, 0.3) is 11.3 Å². The van der Waals surface area contributed by atoms with Crippen LogP contribution in [0.2, 0.25) is 0 Å². The fraction of sp³-hybridized carbons (Fsp3) is 0.115. The van der Waals surface area contributed by atoms with Gasteiger partial charge >= 0.3 is 0 Å². The molecule has 1 aliphatic rings. The van der Waals surface area contributed by atoms with Crippen molar-refractivity contribution in [1.82, 2.24) is 9.97 Å². The monoisotopic (exact) mass is 476 g/mol. The highest BCUT2D eigenvalue weighted by atomic mass is 35.5. The summed E-state index contributed by atoms with van der Waals surface area (Å²) in [6.07, 6.45) is 0.660. The first kappa shape index (κ1) is 23.2. The van der Waals surface area contributed by atoms with Gasteiger partial charge in [-0.25, -0.2) is 9.37 Å². The molecule has 6 nitrogen and oxygen atoms in total. The van der Waals surface area contributed by atoms with E-state index in [9.17, 15) is 14.0 Å². The first-order valence-corrected chi connectivity index (χ1v) is 10.6. The van der Waals surface area contributed by atoms with Crippen LogP contribution in [0, 0.1) is 12.7 Å². The molecule has 2 amide bonds. The number of benzene rings is 3. The Bertz CT molecular complexity index is 1370. The first-order chi connectivity index (χ1) is 16.0. The normalized spacial score (nSPS) is 12.1. The summed E-state index contributed by atoms with van der Waals surface area (Å²) in [5, 5.41) is 2.67. The summed E-state index contributed by atoms with van der Waals surface area (Å²) in [6, 6.07) is 20.1. The molecule has 0 atom stereocenters. The van der Waals surface area contributed by atoms with E-state index >= 15 is 0 Å². The average Bonchev–Trinajstić information content (AvgIpc) is 3.13. The molecule has 172 valence electrons. The minimum atomic E-state index is -0.587. The smallest absolute Gasteiger partial charge is 0.258 e. The van der Waals surface area contributed by atoms with Gasteiger partial charge in [0.15, 0.2) is 0 Å². The first-order valence-electron chi connectivity index (χ1n) is 10.6. The number of para-hydroxylation sites is 1. The predicted octanol–water partition coefficient (Wildman–Crippen LogP) is 5.40. The Hall–Kier alpha value is -3.97. The molecule has 0 unspecified atom stereocenters. The van der Waals surface area contributed by atoms with Crippen molar-refractivity contribution >= 4 is 35.6 Å². The molecule has 8 heteroatoms. The van der Waals surface area contributed by atoms with Crippen molar-refractivity contribution in [3.8, 4) is 11.3 Å². The number of anilines is 2. The molecule has 0 saturated carbocycles. The molecular formula is C26H22ClFN4O2. The van der Waals surface area contributed by atoms with Crippen LogP contribution in [0.15, 0.2) is 72.8 Å². The molecule has 5 rings (SSSR count). The molecule has 1 aromatic heterocycles. The molecule has 2 heterocycles. The van der Waals surface area contributed by atoms with Gasteiger partial charge in [-0.2, -0.15) is 0 Å². The molecular weight excluding hydrogens is 455 g/mol. The van der Waals surface area contributed by atoms with E-state index in [1.165, 1.54) is 18.2 Å². The van der Waals surface area contributed by atoms with Gasteiger partial charge in [0, 0.05) is 35.5 Å². The molecule has 0 fully saturated rings. The lowest BCUT2D eigenvalue weighted by molar-refractivity contribution is 0.0986. The van der Waals surface area contributed by atoms with Gasteiger partial charge < -0.3 is 15.2 Å². The minimum absolute atomic E-state index is 0. The van der Waals surface area contributed by atoms with Crippen molar-refractivity contribution < 1.29 is 14.0 Å². The number of fused-ring (bicyclic) bond motifs is 3.